The van der Waals surface area contributed by atoms with Gasteiger partial charge in [-0.2, -0.15) is 5.26 Å². The number of nitrogens with two attached hydrogens (primary N) is 1. The van der Waals surface area contributed by atoms with Gasteiger partial charge in [-0.05, 0) is 36.8 Å². The van der Waals surface area contributed by atoms with Crippen molar-refractivity contribution < 1.29 is 0 Å². The van der Waals surface area contributed by atoms with E-state index >= 15 is 0 Å². The third-order valence-electron chi connectivity index (χ3n) is 4.92. The molecule has 2 nitrogen and oxygen atoms in total. The summed E-state index contributed by atoms with van der Waals surface area (Å²) in [5.74, 6) is 0. The summed E-state index contributed by atoms with van der Waals surface area (Å²) >= 11 is 0. The van der Waals surface area contributed by atoms with Crippen molar-refractivity contribution in [3.8, 4) is 6.07 Å². The molecular formula is C20H22N2. The quantitative estimate of drug-likeness (QED) is 0.931. The molecule has 2 aromatic rings. The molecule has 0 unspecified atom stereocenters. The Labute approximate surface area is 132 Å². The Morgan fingerprint density at radius 3 is 1.68 bits per heavy atom. The summed E-state index contributed by atoms with van der Waals surface area (Å²) in [5.41, 5.74) is 8.56. The van der Waals surface area contributed by atoms with Crippen LogP contribution >= 0.6 is 0 Å². The first-order valence-electron chi connectivity index (χ1n) is 7.97. The maximum Gasteiger partial charge on any atom is 0.0823 e. The number of nitrogens with zero attached hydrogens (tertiary/aromatic N) is 1. The zero-order valence-corrected chi connectivity index (χ0v) is 12.8. The van der Waals surface area contributed by atoms with Gasteiger partial charge in [-0.3, -0.25) is 0 Å². The molecule has 0 heterocycles. The first kappa shape index (κ1) is 14.8. The van der Waals surface area contributed by atoms with Crippen LogP contribution in [0, 0.1) is 11.3 Å². The van der Waals surface area contributed by atoms with Crippen LogP contribution in [0.5, 0.6) is 0 Å². The minimum absolute atomic E-state index is 0.110. The highest BCUT2D eigenvalue weighted by atomic mass is 14.7. The second-order valence-electron chi connectivity index (χ2n) is 6.41. The minimum Gasteiger partial charge on any atom is -0.330 e. The van der Waals surface area contributed by atoms with Crippen LogP contribution in [0.1, 0.15) is 36.8 Å². The lowest BCUT2D eigenvalue weighted by Gasteiger charge is -2.11. The Hall–Kier alpha value is -2.11. The molecule has 2 aliphatic rings. The smallest absolute Gasteiger partial charge is 0.0823 e. The Balaban J connectivity index is 0.000000131. The molecule has 2 aromatic carbocycles. The molecule has 0 atom stereocenters. The van der Waals surface area contributed by atoms with Crippen LogP contribution in [-0.4, -0.2) is 6.54 Å². The molecular weight excluding hydrogens is 268 g/mol. The Bertz CT molecular complexity index is 647. The molecule has 22 heavy (non-hydrogen) atoms. The molecule has 0 radical (unpaired) electrons. The summed E-state index contributed by atoms with van der Waals surface area (Å²) in [6.45, 7) is 0.803. The Kier molecular flexibility index (Phi) is 4.00. The van der Waals surface area contributed by atoms with E-state index in [2.05, 4.69) is 36.4 Å². The number of benzene rings is 2. The molecule has 0 spiro atoms. The Morgan fingerprint density at radius 1 is 0.818 bits per heavy atom. The van der Waals surface area contributed by atoms with Gasteiger partial charge in [0.25, 0.3) is 0 Å². The second-order valence-corrected chi connectivity index (χ2v) is 6.41. The van der Waals surface area contributed by atoms with Crippen molar-refractivity contribution >= 4 is 0 Å². The van der Waals surface area contributed by atoms with Gasteiger partial charge in [0.05, 0.1) is 11.5 Å². The predicted octanol–water partition coefficient (Wildman–Crippen LogP) is 3.92. The molecule has 2 aliphatic carbocycles. The fourth-order valence-electron chi connectivity index (χ4n) is 2.90. The molecule has 112 valence electrons. The standard InChI is InChI=1S/C10H13N.C10H9N/c2*11-8-10(6-7-10)9-4-2-1-3-5-9/h1-5H,6-8,11H2;1-5H,6-7H2. The summed E-state index contributed by atoms with van der Waals surface area (Å²) in [5, 5.41) is 8.86. The van der Waals surface area contributed by atoms with E-state index in [1.807, 2.05) is 30.3 Å². The van der Waals surface area contributed by atoms with Gasteiger partial charge in [0.15, 0.2) is 0 Å². The second kappa shape index (κ2) is 5.94. The van der Waals surface area contributed by atoms with Crippen LogP contribution in [0.15, 0.2) is 60.7 Å². The van der Waals surface area contributed by atoms with Gasteiger partial charge in [-0.15, -0.1) is 0 Å². The molecule has 0 bridgehead atoms. The van der Waals surface area contributed by atoms with Crippen molar-refractivity contribution in [2.75, 3.05) is 6.54 Å². The molecule has 2 saturated carbocycles. The first-order chi connectivity index (χ1) is 10.7. The SMILES string of the molecule is N#CC1(c2ccccc2)CC1.NCC1(c2ccccc2)CC1. The lowest BCUT2D eigenvalue weighted by atomic mass is 9.97. The average Bonchev–Trinajstić information content (AvgIpc) is 3.52. The zero-order valence-electron chi connectivity index (χ0n) is 12.8. The van der Waals surface area contributed by atoms with Crippen LogP contribution in [0.25, 0.3) is 0 Å². The maximum absolute atomic E-state index is 8.86. The van der Waals surface area contributed by atoms with E-state index in [0.717, 1.165) is 19.4 Å². The van der Waals surface area contributed by atoms with Crippen LogP contribution in [0.2, 0.25) is 0 Å². The molecule has 0 aliphatic heterocycles. The van der Waals surface area contributed by atoms with Crippen LogP contribution in [0.3, 0.4) is 0 Å². The first-order valence-corrected chi connectivity index (χ1v) is 7.97. The number of hydrogen-bond donors (Lipinski definition) is 1. The van der Waals surface area contributed by atoms with E-state index in [1.165, 1.54) is 24.0 Å². The topological polar surface area (TPSA) is 49.8 Å². The van der Waals surface area contributed by atoms with E-state index in [1.54, 1.807) is 0 Å². The van der Waals surface area contributed by atoms with E-state index in [9.17, 15) is 0 Å². The minimum atomic E-state index is -0.110. The van der Waals surface area contributed by atoms with Crippen molar-refractivity contribution in [1.29, 1.82) is 5.26 Å². The van der Waals surface area contributed by atoms with Gasteiger partial charge in [0, 0.05) is 12.0 Å². The highest BCUT2D eigenvalue weighted by molar-refractivity contribution is 5.38. The zero-order chi connectivity index (χ0) is 15.5. The van der Waals surface area contributed by atoms with Crippen molar-refractivity contribution in [3.63, 3.8) is 0 Å². The molecule has 2 fully saturated rings. The van der Waals surface area contributed by atoms with Gasteiger partial charge < -0.3 is 5.73 Å². The van der Waals surface area contributed by atoms with Crippen LogP contribution < -0.4 is 5.73 Å². The molecule has 0 aromatic heterocycles. The summed E-state index contributed by atoms with van der Waals surface area (Å²) in [6, 6.07) is 23.0. The van der Waals surface area contributed by atoms with E-state index in [4.69, 9.17) is 11.0 Å². The summed E-state index contributed by atoms with van der Waals surface area (Å²) in [4.78, 5) is 0. The van der Waals surface area contributed by atoms with Gasteiger partial charge >= 0.3 is 0 Å². The molecule has 0 saturated heterocycles. The van der Waals surface area contributed by atoms with Gasteiger partial charge in [-0.1, -0.05) is 60.7 Å². The summed E-state index contributed by atoms with van der Waals surface area (Å²) < 4.78 is 0. The Morgan fingerprint density at radius 2 is 1.32 bits per heavy atom. The van der Waals surface area contributed by atoms with Gasteiger partial charge in [0.2, 0.25) is 0 Å². The average molecular weight is 290 g/mol. The largest absolute Gasteiger partial charge is 0.330 e. The normalized spacial score (nSPS) is 19.3. The van der Waals surface area contributed by atoms with Crippen molar-refractivity contribution in [2.45, 2.75) is 36.5 Å². The predicted molar refractivity (Wildman–Crippen MR) is 89.4 cm³/mol. The molecule has 2 N–H and O–H groups in total. The van der Waals surface area contributed by atoms with Crippen molar-refractivity contribution in [2.24, 2.45) is 5.73 Å². The highest BCUT2D eigenvalue weighted by Gasteiger charge is 2.44. The fraction of sp³-hybridized carbons (Fsp3) is 0.350. The van der Waals surface area contributed by atoms with E-state index < -0.39 is 0 Å². The molecule has 4 rings (SSSR count). The number of hydrogen-bond acceptors (Lipinski definition) is 2. The number of nitriles is 1. The lowest BCUT2D eigenvalue weighted by Crippen LogP contribution is -2.19. The monoisotopic (exact) mass is 290 g/mol. The van der Waals surface area contributed by atoms with Gasteiger partial charge in [-0.25, -0.2) is 0 Å². The number of rotatable bonds is 3. The highest BCUT2D eigenvalue weighted by Crippen LogP contribution is 2.47. The van der Waals surface area contributed by atoms with Crippen molar-refractivity contribution in [1.82, 2.24) is 0 Å². The van der Waals surface area contributed by atoms with Crippen LogP contribution in [0.4, 0.5) is 0 Å². The fourth-order valence-corrected chi connectivity index (χ4v) is 2.90. The van der Waals surface area contributed by atoms with Gasteiger partial charge in [0.1, 0.15) is 0 Å². The molecule has 2 heteroatoms. The summed E-state index contributed by atoms with van der Waals surface area (Å²) in [7, 11) is 0. The van der Waals surface area contributed by atoms with E-state index in [-0.39, 0.29) is 5.41 Å². The summed E-state index contributed by atoms with van der Waals surface area (Å²) in [6.07, 6.45) is 4.61. The van der Waals surface area contributed by atoms with E-state index in [0.29, 0.717) is 5.41 Å². The lowest BCUT2D eigenvalue weighted by molar-refractivity contribution is 0.705. The van der Waals surface area contributed by atoms with Crippen molar-refractivity contribution in [3.05, 3.63) is 71.8 Å². The van der Waals surface area contributed by atoms with Crippen LogP contribution in [-0.2, 0) is 10.8 Å². The molecule has 0 amide bonds. The maximum atomic E-state index is 8.86. The third kappa shape index (κ3) is 2.91. The third-order valence-corrected chi connectivity index (χ3v) is 4.92.